The molecule has 13 heteroatoms. The van der Waals surface area contributed by atoms with Crippen LogP contribution in [-0.2, 0) is 14.2 Å². The van der Waals surface area contributed by atoms with Crippen molar-refractivity contribution in [2.45, 2.75) is 55.3 Å². The van der Waals surface area contributed by atoms with E-state index >= 15 is 0 Å². The van der Waals surface area contributed by atoms with Gasteiger partial charge >= 0.3 is 0 Å². The molecule has 0 aromatic heterocycles. The molecule has 0 bridgehead atoms. The Bertz CT molecular complexity index is 736. The number of aliphatic hydroxyl groups excluding tert-OH is 6. The van der Waals surface area contributed by atoms with Crippen molar-refractivity contribution in [1.82, 2.24) is 0 Å². The Balaban J connectivity index is 1.72. The molecule has 1 aromatic rings. The van der Waals surface area contributed by atoms with Gasteiger partial charge < -0.3 is 64.2 Å². The molecule has 0 radical (unpaired) electrons. The molecular formula is C19H28O13. The van der Waals surface area contributed by atoms with Crippen LogP contribution in [0.4, 0.5) is 0 Å². The maximum absolute atomic E-state index is 10.3. The fraction of sp³-hybridized carbons (Fsp3) is 0.684. The number of phenols is 1. The van der Waals surface area contributed by atoms with Crippen LogP contribution in [0.5, 0.6) is 23.0 Å². The number of hydrogen-bond donors (Lipinski definition) is 7. The van der Waals surface area contributed by atoms with Crippen molar-refractivity contribution >= 4 is 0 Å². The second-order valence-corrected chi connectivity index (χ2v) is 7.40. The Morgan fingerprint density at radius 1 is 0.844 bits per heavy atom. The summed E-state index contributed by atoms with van der Waals surface area (Å²) in [6.07, 6.45) is -13.4. The third-order valence-electron chi connectivity index (χ3n) is 5.23. The largest absolute Gasteiger partial charge is 0.508 e. The SMILES string of the molecule is COc1cc(O)cc(OC)c1O[C@@H]1O[C@H](CO[C@@H]2OC[C@@H](O)[C@H](O)[C@H]2O)[C@@H](O)[C@H](O)[C@H]1O. The van der Waals surface area contributed by atoms with Crippen LogP contribution in [0.2, 0.25) is 0 Å². The highest BCUT2D eigenvalue weighted by atomic mass is 16.7. The highest BCUT2D eigenvalue weighted by Crippen LogP contribution is 2.42. The first-order valence-electron chi connectivity index (χ1n) is 9.76. The van der Waals surface area contributed by atoms with Crippen LogP contribution in [-0.4, -0.2) is 118 Å². The molecule has 9 atom stereocenters. The standard InChI is InChI=1S/C19H28O13/c1-27-9-3-7(20)4-10(28-2)17(9)32-19-16(26)14(24)13(23)11(31-19)6-30-18-15(25)12(22)8(21)5-29-18/h3-4,8,11-16,18-26H,5-6H2,1-2H3/t8-,11-,12+,13-,14+,15-,16-,18+,19+/m1/s1. The minimum atomic E-state index is -1.69. The molecule has 0 saturated carbocycles. The minimum Gasteiger partial charge on any atom is -0.508 e. The average Bonchev–Trinajstić information content (AvgIpc) is 2.78. The molecule has 3 rings (SSSR count). The van der Waals surface area contributed by atoms with Gasteiger partial charge in [0.1, 0.15) is 48.5 Å². The molecule has 0 aliphatic carbocycles. The van der Waals surface area contributed by atoms with Crippen LogP contribution in [0.15, 0.2) is 12.1 Å². The summed E-state index contributed by atoms with van der Waals surface area (Å²) in [5.41, 5.74) is 0. The zero-order valence-electron chi connectivity index (χ0n) is 17.3. The van der Waals surface area contributed by atoms with Crippen LogP contribution >= 0.6 is 0 Å². The fourth-order valence-corrected chi connectivity index (χ4v) is 3.37. The number of ether oxygens (including phenoxy) is 6. The lowest BCUT2D eigenvalue weighted by Crippen LogP contribution is -2.61. The number of phenolic OH excluding ortho intramolecular Hbond substituents is 1. The minimum absolute atomic E-state index is 0.0387. The van der Waals surface area contributed by atoms with E-state index in [-0.39, 0.29) is 29.6 Å². The molecule has 0 unspecified atom stereocenters. The van der Waals surface area contributed by atoms with Crippen molar-refractivity contribution in [1.29, 1.82) is 0 Å². The second kappa shape index (κ2) is 10.3. The maximum atomic E-state index is 10.3. The van der Waals surface area contributed by atoms with Crippen molar-refractivity contribution in [2.75, 3.05) is 27.4 Å². The Kier molecular flexibility index (Phi) is 7.97. The zero-order valence-corrected chi connectivity index (χ0v) is 17.3. The van der Waals surface area contributed by atoms with E-state index in [0.717, 1.165) is 0 Å². The first kappa shape index (κ1) is 24.7. The Morgan fingerprint density at radius 2 is 1.44 bits per heavy atom. The van der Waals surface area contributed by atoms with Gasteiger partial charge in [-0.1, -0.05) is 0 Å². The summed E-state index contributed by atoms with van der Waals surface area (Å²) in [7, 11) is 2.63. The van der Waals surface area contributed by atoms with Gasteiger partial charge in [-0.3, -0.25) is 0 Å². The van der Waals surface area contributed by atoms with Crippen LogP contribution in [0.1, 0.15) is 0 Å². The normalized spacial score (nSPS) is 37.7. The predicted octanol–water partition coefficient (Wildman–Crippen LogP) is -2.95. The van der Waals surface area contributed by atoms with Gasteiger partial charge in [0.25, 0.3) is 0 Å². The predicted molar refractivity (Wildman–Crippen MR) is 102 cm³/mol. The lowest BCUT2D eigenvalue weighted by molar-refractivity contribution is -0.307. The van der Waals surface area contributed by atoms with Gasteiger partial charge in [-0.25, -0.2) is 0 Å². The molecule has 2 aliphatic rings. The number of benzene rings is 1. The molecule has 32 heavy (non-hydrogen) atoms. The topological polar surface area (TPSA) is 197 Å². The fourth-order valence-electron chi connectivity index (χ4n) is 3.37. The second-order valence-electron chi connectivity index (χ2n) is 7.40. The highest BCUT2D eigenvalue weighted by molar-refractivity contribution is 5.55. The zero-order chi connectivity index (χ0) is 23.6. The summed E-state index contributed by atoms with van der Waals surface area (Å²) in [6.45, 7) is -0.719. The summed E-state index contributed by atoms with van der Waals surface area (Å²) in [5, 5.41) is 69.8. The maximum Gasteiger partial charge on any atom is 0.229 e. The van der Waals surface area contributed by atoms with E-state index in [9.17, 15) is 35.7 Å². The summed E-state index contributed by atoms with van der Waals surface area (Å²) >= 11 is 0. The molecule has 13 nitrogen and oxygen atoms in total. The molecule has 0 spiro atoms. The van der Waals surface area contributed by atoms with E-state index in [1.165, 1.54) is 26.4 Å². The Hall–Kier alpha value is -1.94. The third-order valence-corrected chi connectivity index (χ3v) is 5.23. The number of aromatic hydroxyl groups is 1. The molecular weight excluding hydrogens is 436 g/mol. The van der Waals surface area contributed by atoms with Gasteiger partial charge in [-0.15, -0.1) is 0 Å². The smallest absolute Gasteiger partial charge is 0.229 e. The van der Waals surface area contributed by atoms with Gasteiger partial charge in [-0.05, 0) is 0 Å². The Labute approximate surface area is 182 Å². The van der Waals surface area contributed by atoms with E-state index in [1.54, 1.807) is 0 Å². The number of methoxy groups -OCH3 is 2. The van der Waals surface area contributed by atoms with Crippen molar-refractivity contribution in [3.8, 4) is 23.0 Å². The van der Waals surface area contributed by atoms with Crippen LogP contribution < -0.4 is 14.2 Å². The highest BCUT2D eigenvalue weighted by Gasteiger charge is 2.47. The van der Waals surface area contributed by atoms with Gasteiger partial charge in [-0.2, -0.15) is 0 Å². The molecule has 2 saturated heterocycles. The third kappa shape index (κ3) is 5.01. The van der Waals surface area contributed by atoms with Gasteiger partial charge in [0.05, 0.1) is 27.4 Å². The van der Waals surface area contributed by atoms with Crippen molar-refractivity contribution < 1.29 is 64.2 Å². The first-order valence-corrected chi connectivity index (χ1v) is 9.76. The van der Waals surface area contributed by atoms with Crippen molar-refractivity contribution in [3.63, 3.8) is 0 Å². The summed E-state index contributed by atoms with van der Waals surface area (Å²) in [5.74, 6) is -0.103. The first-order chi connectivity index (χ1) is 15.2. The van der Waals surface area contributed by atoms with Crippen LogP contribution in [0, 0.1) is 0 Å². The molecule has 182 valence electrons. The average molecular weight is 464 g/mol. The summed E-state index contributed by atoms with van der Waals surface area (Å²) < 4.78 is 32.0. The van der Waals surface area contributed by atoms with E-state index < -0.39 is 61.9 Å². The number of aliphatic hydroxyl groups is 6. The van der Waals surface area contributed by atoms with E-state index in [0.29, 0.717) is 0 Å². The molecule has 2 fully saturated rings. The molecule has 2 aliphatic heterocycles. The summed E-state index contributed by atoms with van der Waals surface area (Å²) in [6, 6.07) is 2.47. The number of hydrogen-bond acceptors (Lipinski definition) is 13. The number of rotatable bonds is 7. The van der Waals surface area contributed by atoms with E-state index in [4.69, 9.17) is 28.4 Å². The quantitative estimate of drug-likeness (QED) is 0.216. The summed E-state index contributed by atoms with van der Waals surface area (Å²) in [4.78, 5) is 0. The molecule has 1 aromatic carbocycles. The van der Waals surface area contributed by atoms with Gasteiger partial charge in [0, 0.05) is 12.1 Å². The van der Waals surface area contributed by atoms with Crippen LogP contribution in [0.25, 0.3) is 0 Å². The molecule has 7 N–H and O–H groups in total. The lowest BCUT2D eigenvalue weighted by atomic mass is 9.99. The molecule has 0 amide bonds. The molecule has 2 heterocycles. The van der Waals surface area contributed by atoms with E-state index in [1.807, 2.05) is 0 Å². The lowest BCUT2D eigenvalue weighted by Gasteiger charge is -2.41. The van der Waals surface area contributed by atoms with Gasteiger partial charge in [0.15, 0.2) is 17.8 Å². The van der Waals surface area contributed by atoms with E-state index in [2.05, 4.69) is 0 Å². The van der Waals surface area contributed by atoms with Crippen LogP contribution in [0.3, 0.4) is 0 Å². The monoisotopic (exact) mass is 464 g/mol. The Morgan fingerprint density at radius 3 is 2.03 bits per heavy atom. The van der Waals surface area contributed by atoms with Crippen molar-refractivity contribution in [3.05, 3.63) is 12.1 Å². The van der Waals surface area contributed by atoms with Crippen molar-refractivity contribution in [2.24, 2.45) is 0 Å². The van der Waals surface area contributed by atoms with Gasteiger partial charge in [0.2, 0.25) is 12.0 Å².